The summed E-state index contributed by atoms with van der Waals surface area (Å²) in [6, 6.07) is 9.24. The van der Waals surface area contributed by atoms with Crippen LogP contribution in [-0.2, 0) is 11.2 Å². The van der Waals surface area contributed by atoms with Gasteiger partial charge in [-0.15, -0.1) is 0 Å². The summed E-state index contributed by atoms with van der Waals surface area (Å²) in [6.07, 6.45) is 2.39. The number of ether oxygens (including phenoxy) is 1. The Kier molecular flexibility index (Phi) is 4.64. The molecule has 1 aromatic rings. The van der Waals surface area contributed by atoms with Crippen LogP contribution in [-0.4, -0.2) is 24.8 Å². The number of hydrogen-bond acceptors (Lipinski definition) is 2. The molecule has 2 heteroatoms. The van der Waals surface area contributed by atoms with Crippen LogP contribution >= 0.6 is 0 Å². The number of benzene rings is 1. The molecule has 1 aliphatic carbocycles. The molecule has 1 aliphatic rings. The second kappa shape index (κ2) is 6.06. The van der Waals surface area contributed by atoms with Crippen molar-refractivity contribution in [1.29, 1.82) is 0 Å². The molecule has 0 spiro atoms. The van der Waals surface area contributed by atoms with Crippen molar-refractivity contribution >= 4 is 0 Å². The zero-order valence-electron chi connectivity index (χ0n) is 12.7. The summed E-state index contributed by atoms with van der Waals surface area (Å²) < 4.78 is 5.94. The standard InChI is InChI=1S/C17H27NO/c1-5-18-16(17(3,4)19-6-2)12-14-11-13-9-7-8-10-15(13)14/h7-10,14,16,18H,5-6,11-12H2,1-4H3. The monoisotopic (exact) mass is 261 g/mol. The highest BCUT2D eigenvalue weighted by Gasteiger charge is 2.35. The first-order chi connectivity index (χ1) is 9.08. The first-order valence-corrected chi connectivity index (χ1v) is 7.53. The van der Waals surface area contributed by atoms with Gasteiger partial charge in [-0.05, 0) is 57.2 Å². The van der Waals surface area contributed by atoms with Gasteiger partial charge in [0.1, 0.15) is 0 Å². The summed E-state index contributed by atoms with van der Waals surface area (Å²) in [5.74, 6) is 0.694. The van der Waals surface area contributed by atoms with E-state index in [2.05, 4.69) is 57.3 Å². The van der Waals surface area contributed by atoms with Gasteiger partial charge in [0.05, 0.1) is 5.60 Å². The molecule has 0 saturated carbocycles. The molecule has 0 radical (unpaired) electrons. The van der Waals surface area contributed by atoms with Gasteiger partial charge in [0.15, 0.2) is 0 Å². The molecule has 0 aliphatic heterocycles. The number of nitrogens with one attached hydrogen (secondary N) is 1. The summed E-state index contributed by atoms with van der Waals surface area (Å²) in [5.41, 5.74) is 2.96. The van der Waals surface area contributed by atoms with E-state index in [4.69, 9.17) is 4.74 Å². The smallest absolute Gasteiger partial charge is 0.0778 e. The molecule has 19 heavy (non-hydrogen) atoms. The Morgan fingerprint density at radius 2 is 2.05 bits per heavy atom. The van der Waals surface area contributed by atoms with Gasteiger partial charge in [0.2, 0.25) is 0 Å². The topological polar surface area (TPSA) is 21.3 Å². The maximum Gasteiger partial charge on any atom is 0.0778 e. The van der Waals surface area contributed by atoms with Crippen LogP contribution in [0.3, 0.4) is 0 Å². The van der Waals surface area contributed by atoms with E-state index < -0.39 is 0 Å². The van der Waals surface area contributed by atoms with Gasteiger partial charge < -0.3 is 10.1 Å². The van der Waals surface area contributed by atoms with Crippen molar-refractivity contribution in [2.24, 2.45) is 0 Å². The van der Waals surface area contributed by atoms with Gasteiger partial charge in [0.25, 0.3) is 0 Å². The fourth-order valence-corrected chi connectivity index (χ4v) is 3.19. The highest BCUT2D eigenvalue weighted by atomic mass is 16.5. The van der Waals surface area contributed by atoms with E-state index in [0.717, 1.165) is 19.6 Å². The van der Waals surface area contributed by atoms with E-state index in [0.29, 0.717) is 12.0 Å². The highest BCUT2D eigenvalue weighted by Crippen LogP contribution is 2.39. The molecule has 106 valence electrons. The lowest BCUT2D eigenvalue weighted by Gasteiger charge is -2.40. The lowest BCUT2D eigenvalue weighted by atomic mass is 9.72. The Morgan fingerprint density at radius 3 is 2.68 bits per heavy atom. The van der Waals surface area contributed by atoms with Gasteiger partial charge in [-0.2, -0.15) is 0 Å². The number of rotatable bonds is 7. The SMILES string of the molecule is CCNC(CC1Cc2ccccc21)C(C)(C)OCC. The van der Waals surface area contributed by atoms with Crippen molar-refractivity contribution in [3.8, 4) is 0 Å². The second-order valence-electron chi connectivity index (χ2n) is 5.98. The molecule has 0 bridgehead atoms. The summed E-state index contributed by atoms with van der Waals surface area (Å²) in [6.45, 7) is 10.4. The molecule has 0 heterocycles. The first-order valence-electron chi connectivity index (χ1n) is 7.53. The Morgan fingerprint density at radius 1 is 1.32 bits per heavy atom. The van der Waals surface area contributed by atoms with Gasteiger partial charge in [0, 0.05) is 12.6 Å². The van der Waals surface area contributed by atoms with Gasteiger partial charge >= 0.3 is 0 Å². The Balaban J connectivity index is 2.03. The van der Waals surface area contributed by atoms with Crippen LogP contribution in [0.1, 0.15) is 51.2 Å². The third-order valence-electron chi connectivity index (χ3n) is 4.29. The van der Waals surface area contributed by atoms with Crippen molar-refractivity contribution in [2.75, 3.05) is 13.2 Å². The molecule has 2 atom stereocenters. The van der Waals surface area contributed by atoms with Crippen molar-refractivity contribution in [2.45, 2.75) is 58.1 Å². The third-order valence-corrected chi connectivity index (χ3v) is 4.29. The van der Waals surface area contributed by atoms with E-state index in [1.807, 2.05) is 0 Å². The molecule has 2 unspecified atom stereocenters. The molecular formula is C17H27NO. The fourth-order valence-electron chi connectivity index (χ4n) is 3.19. The van der Waals surface area contributed by atoms with Gasteiger partial charge in [-0.25, -0.2) is 0 Å². The van der Waals surface area contributed by atoms with E-state index in [1.165, 1.54) is 17.5 Å². The summed E-state index contributed by atoms with van der Waals surface area (Å²) in [4.78, 5) is 0. The second-order valence-corrected chi connectivity index (χ2v) is 5.98. The quantitative estimate of drug-likeness (QED) is 0.811. The summed E-state index contributed by atoms with van der Waals surface area (Å²) in [7, 11) is 0. The van der Waals surface area contributed by atoms with E-state index in [-0.39, 0.29) is 5.60 Å². The summed E-state index contributed by atoms with van der Waals surface area (Å²) >= 11 is 0. The van der Waals surface area contributed by atoms with Gasteiger partial charge in [-0.3, -0.25) is 0 Å². The minimum absolute atomic E-state index is 0.102. The predicted molar refractivity (Wildman–Crippen MR) is 80.7 cm³/mol. The molecular weight excluding hydrogens is 234 g/mol. The first kappa shape index (κ1) is 14.5. The average Bonchev–Trinajstić information content (AvgIpc) is 2.34. The largest absolute Gasteiger partial charge is 0.374 e. The van der Waals surface area contributed by atoms with Crippen LogP contribution in [0.25, 0.3) is 0 Å². The van der Waals surface area contributed by atoms with Crippen molar-refractivity contribution in [1.82, 2.24) is 5.32 Å². The minimum atomic E-state index is -0.102. The van der Waals surface area contributed by atoms with Crippen molar-refractivity contribution < 1.29 is 4.74 Å². The third kappa shape index (κ3) is 3.18. The van der Waals surface area contributed by atoms with Gasteiger partial charge in [-0.1, -0.05) is 31.2 Å². The van der Waals surface area contributed by atoms with E-state index in [1.54, 1.807) is 0 Å². The highest BCUT2D eigenvalue weighted by molar-refractivity contribution is 5.40. The summed E-state index contributed by atoms with van der Waals surface area (Å²) in [5, 5.41) is 3.61. The Bertz CT molecular complexity index is 413. The number of fused-ring (bicyclic) bond motifs is 1. The maximum absolute atomic E-state index is 5.94. The Hall–Kier alpha value is -0.860. The van der Waals surface area contributed by atoms with Crippen LogP contribution in [0.2, 0.25) is 0 Å². The zero-order valence-corrected chi connectivity index (χ0v) is 12.7. The van der Waals surface area contributed by atoms with Crippen LogP contribution in [0.15, 0.2) is 24.3 Å². The number of likely N-dealkylation sites (N-methyl/N-ethyl adjacent to an activating group) is 1. The van der Waals surface area contributed by atoms with Crippen LogP contribution in [0.4, 0.5) is 0 Å². The predicted octanol–water partition coefficient (Wildman–Crippen LogP) is 3.51. The molecule has 0 fully saturated rings. The lowest BCUT2D eigenvalue weighted by Crippen LogP contribution is -2.50. The molecule has 1 N–H and O–H groups in total. The van der Waals surface area contributed by atoms with E-state index >= 15 is 0 Å². The molecule has 2 nitrogen and oxygen atoms in total. The minimum Gasteiger partial charge on any atom is -0.374 e. The molecule has 0 amide bonds. The lowest BCUT2D eigenvalue weighted by molar-refractivity contribution is -0.0417. The zero-order chi connectivity index (χ0) is 13.9. The van der Waals surface area contributed by atoms with Crippen LogP contribution in [0, 0.1) is 0 Å². The van der Waals surface area contributed by atoms with Crippen LogP contribution in [0.5, 0.6) is 0 Å². The average molecular weight is 261 g/mol. The number of hydrogen-bond donors (Lipinski definition) is 1. The van der Waals surface area contributed by atoms with Crippen molar-refractivity contribution in [3.63, 3.8) is 0 Å². The van der Waals surface area contributed by atoms with Crippen molar-refractivity contribution in [3.05, 3.63) is 35.4 Å². The normalized spacial score (nSPS) is 19.7. The molecule has 2 rings (SSSR count). The van der Waals surface area contributed by atoms with E-state index in [9.17, 15) is 0 Å². The molecule has 0 saturated heterocycles. The molecule has 1 aromatic carbocycles. The fraction of sp³-hybridized carbons (Fsp3) is 0.647. The van der Waals surface area contributed by atoms with Crippen LogP contribution < -0.4 is 5.32 Å². The molecule has 0 aromatic heterocycles. The Labute approximate surface area is 117 Å². The maximum atomic E-state index is 5.94.